The molecule has 0 aromatic heterocycles. The lowest BCUT2D eigenvalue weighted by Gasteiger charge is -2.39. The second kappa shape index (κ2) is 8.60. The molecule has 2 saturated carbocycles. The SMILES string of the molecule is Cc1ccc(Cl)cc1NC(=O)C12CCC(C)(C(=NOC(=O)c3ccc(Cl)c([N+](=O)[O-])c3)C1)C2(C)C. The van der Waals surface area contributed by atoms with Gasteiger partial charge in [0.25, 0.3) is 5.69 Å². The predicted molar refractivity (Wildman–Crippen MR) is 134 cm³/mol. The lowest BCUT2D eigenvalue weighted by Crippen LogP contribution is -2.43. The average molecular weight is 518 g/mol. The van der Waals surface area contributed by atoms with Crippen LogP contribution in [0.4, 0.5) is 11.4 Å². The highest BCUT2D eigenvalue weighted by molar-refractivity contribution is 6.32. The van der Waals surface area contributed by atoms with E-state index in [0.717, 1.165) is 11.6 Å². The molecule has 4 rings (SSSR count). The first-order valence-corrected chi connectivity index (χ1v) is 11.9. The molecule has 2 bridgehead atoms. The van der Waals surface area contributed by atoms with Crippen LogP contribution in [0.15, 0.2) is 41.6 Å². The zero-order valence-corrected chi connectivity index (χ0v) is 21.3. The molecule has 2 atom stereocenters. The maximum atomic E-state index is 13.7. The topological polar surface area (TPSA) is 111 Å². The number of anilines is 1. The van der Waals surface area contributed by atoms with Crippen LogP contribution in [0.1, 0.15) is 56.0 Å². The molecule has 0 aliphatic heterocycles. The molecule has 1 N–H and O–H groups in total. The van der Waals surface area contributed by atoms with Crippen molar-refractivity contribution in [2.75, 3.05) is 5.32 Å². The molecule has 184 valence electrons. The van der Waals surface area contributed by atoms with E-state index >= 15 is 0 Å². The number of fused-ring (bicyclic) bond motifs is 2. The number of benzene rings is 2. The van der Waals surface area contributed by atoms with Crippen molar-refractivity contribution in [2.24, 2.45) is 21.4 Å². The maximum Gasteiger partial charge on any atom is 0.365 e. The molecule has 2 aliphatic carbocycles. The number of nitrogens with zero attached hydrogens (tertiary/aromatic N) is 2. The Morgan fingerprint density at radius 2 is 1.83 bits per heavy atom. The number of nitrogens with one attached hydrogen (secondary N) is 1. The second-order valence-electron chi connectivity index (χ2n) is 9.97. The number of amides is 1. The Labute approximate surface area is 212 Å². The maximum absolute atomic E-state index is 13.7. The van der Waals surface area contributed by atoms with E-state index in [9.17, 15) is 19.7 Å². The number of halogens is 2. The van der Waals surface area contributed by atoms with Gasteiger partial charge in [-0.15, -0.1) is 0 Å². The van der Waals surface area contributed by atoms with Gasteiger partial charge in [0.2, 0.25) is 5.91 Å². The third kappa shape index (κ3) is 3.89. The Morgan fingerprint density at radius 3 is 2.51 bits per heavy atom. The van der Waals surface area contributed by atoms with Gasteiger partial charge in [-0.25, -0.2) is 4.79 Å². The highest BCUT2D eigenvalue weighted by atomic mass is 35.5. The summed E-state index contributed by atoms with van der Waals surface area (Å²) in [6.07, 6.45) is 1.69. The van der Waals surface area contributed by atoms with Crippen LogP contribution in [0.2, 0.25) is 10.0 Å². The van der Waals surface area contributed by atoms with Crippen LogP contribution < -0.4 is 5.32 Å². The first-order chi connectivity index (χ1) is 16.3. The first-order valence-electron chi connectivity index (χ1n) is 11.1. The third-order valence-electron chi connectivity index (χ3n) is 8.23. The van der Waals surface area contributed by atoms with Gasteiger partial charge in [-0.1, -0.05) is 55.2 Å². The number of hydrogen-bond acceptors (Lipinski definition) is 6. The number of hydrogen-bond donors (Lipinski definition) is 1. The van der Waals surface area contributed by atoms with Crippen LogP contribution in [0.25, 0.3) is 0 Å². The highest BCUT2D eigenvalue weighted by Crippen LogP contribution is 2.71. The monoisotopic (exact) mass is 517 g/mol. The molecule has 8 nitrogen and oxygen atoms in total. The predicted octanol–water partition coefficient (Wildman–Crippen LogP) is 6.58. The van der Waals surface area contributed by atoms with Gasteiger partial charge in [-0.3, -0.25) is 14.9 Å². The van der Waals surface area contributed by atoms with Crippen LogP contribution in [0.5, 0.6) is 0 Å². The largest absolute Gasteiger partial charge is 0.365 e. The second-order valence-corrected chi connectivity index (χ2v) is 10.8. The van der Waals surface area contributed by atoms with Crippen LogP contribution in [0.3, 0.4) is 0 Å². The summed E-state index contributed by atoms with van der Waals surface area (Å²) in [5.74, 6) is -0.962. The highest BCUT2D eigenvalue weighted by Gasteiger charge is 2.71. The fourth-order valence-corrected chi connectivity index (χ4v) is 5.78. The van der Waals surface area contributed by atoms with Gasteiger partial charge in [-0.2, -0.15) is 0 Å². The van der Waals surface area contributed by atoms with Gasteiger partial charge in [-0.05, 0) is 55.0 Å². The minimum Gasteiger partial charge on any atom is -0.325 e. The number of carbonyl (C=O) groups is 2. The summed E-state index contributed by atoms with van der Waals surface area (Å²) < 4.78 is 0. The van der Waals surface area contributed by atoms with Crippen LogP contribution >= 0.6 is 23.2 Å². The molecule has 1 amide bonds. The lowest BCUT2D eigenvalue weighted by molar-refractivity contribution is -0.384. The van der Waals surface area contributed by atoms with Crippen molar-refractivity contribution < 1.29 is 19.3 Å². The smallest absolute Gasteiger partial charge is 0.325 e. The number of oxime groups is 1. The van der Waals surface area contributed by atoms with E-state index in [0.29, 0.717) is 35.7 Å². The number of nitro groups is 1. The van der Waals surface area contributed by atoms with Crippen molar-refractivity contribution in [1.29, 1.82) is 0 Å². The molecule has 2 aromatic carbocycles. The molecule has 0 radical (unpaired) electrons. The van der Waals surface area contributed by atoms with Crippen LogP contribution in [-0.2, 0) is 9.63 Å². The number of aryl methyl sites for hydroxylation is 1. The zero-order chi connectivity index (χ0) is 25.8. The summed E-state index contributed by atoms with van der Waals surface area (Å²) in [6.45, 7) is 8.00. The van der Waals surface area contributed by atoms with Gasteiger partial charge in [0.15, 0.2) is 0 Å². The third-order valence-corrected chi connectivity index (χ3v) is 8.79. The molecule has 2 aromatic rings. The Kier molecular flexibility index (Phi) is 6.18. The van der Waals surface area contributed by atoms with Gasteiger partial charge in [0.1, 0.15) is 5.02 Å². The van der Waals surface area contributed by atoms with Crippen molar-refractivity contribution in [1.82, 2.24) is 0 Å². The molecular formula is C25H25Cl2N3O5. The van der Waals surface area contributed by atoms with E-state index in [2.05, 4.69) is 10.5 Å². The van der Waals surface area contributed by atoms with Gasteiger partial charge >= 0.3 is 5.97 Å². The quantitative estimate of drug-likeness (QED) is 0.273. The Morgan fingerprint density at radius 1 is 1.11 bits per heavy atom. The van der Waals surface area contributed by atoms with Crippen molar-refractivity contribution in [3.8, 4) is 0 Å². The Balaban J connectivity index is 1.60. The van der Waals surface area contributed by atoms with Crippen molar-refractivity contribution >= 4 is 52.2 Å². The zero-order valence-electron chi connectivity index (χ0n) is 19.8. The van der Waals surface area contributed by atoms with Crippen molar-refractivity contribution in [3.63, 3.8) is 0 Å². The molecule has 35 heavy (non-hydrogen) atoms. The first kappa shape index (κ1) is 25.1. The Hall–Kier alpha value is -2.97. The van der Waals surface area contributed by atoms with E-state index < -0.39 is 32.8 Å². The number of nitro benzene ring substituents is 1. The van der Waals surface area contributed by atoms with E-state index in [1.165, 1.54) is 12.1 Å². The minimum atomic E-state index is -0.838. The summed E-state index contributed by atoms with van der Waals surface area (Å²) in [5, 5.41) is 18.8. The van der Waals surface area contributed by atoms with Gasteiger partial charge in [0.05, 0.1) is 21.6 Å². The molecule has 2 fully saturated rings. The molecule has 0 heterocycles. The molecule has 10 heteroatoms. The van der Waals surface area contributed by atoms with Crippen molar-refractivity contribution in [3.05, 3.63) is 67.7 Å². The molecule has 2 unspecified atom stereocenters. The van der Waals surface area contributed by atoms with Gasteiger partial charge in [0, 0.05) is 28.6 Å². The summed E-state index contributed by atoms with van der Waals surface area (Å²) in [4.78, 5) is 41.9. The molecule has 2 aliphatic rings. The number of rotatable bonds is 5. The average Bonchev–Trinajstić information content (AvgIpc) is 3.10. The summed E-state index contributed by atoms with van der Waals surface area (Å²) in [6, 6.07) is 9.01. The summed E-state index contributed by atoms with van der Waals surface area (Å²) >= 11 is 12.0. The van der Waals surface area contributed by atoms with Gasteiger partial charge < -0.3 is 10.2 Å². The number of carbonyl (C=O) groups excluding carboxylic acids is 2. The van der Waals surface area contributed by atoms with E-state index in [1.54, 1.807) is 12.1 Å². The van der Waals surface area contributed by atoms with E-state index in [4.69, 9.17) is 28.0 Å². The normalized spacial score (nSPS) is 25.5. The standard InChI is InChI=1S/C25H25Cl2N3O5/c1-14-5-7-16(26)12-18(14)28-22(32)25-10-9-24(4,23(25,2)3)20(13-25)29-35-21(31)15-6-8-17(27)19(11-15)30(33)34/h5-8,11-12H,9-10,13H2,1-4H3,(H,28,32). The molecular weight excluding hydrogens is 493 g/mol. The fraction of sp³-hybridized carbons (Fsp3) is 0.400. The Bertz CT molecular complexity index is 1290. The summed E-state index contributed by atoms with van der Waals surface area (Å²) in [7, 11) is 0. The van der Waals surface area contributed by atoms with E-state index in [-0.39, 0.29) is 16.5 Å². The lowest BCUT2D eigenvalue weighted by atomic mass is 9.64. The summed E-state index contributed by atoms with van der Waals surface area (Å²) in [5.41, 5.74) is 0.0407. The van der Waals surface area contributed by atoms with E-state index in [1.807, 2.05) is 33.8 Å². The fourth-order valence-electron chi connectivity index (χ4n) is 5.42. The molecule has 0 spiro atoms. The minimum absolute atomic E-state index is 0.0399. The van der Waals surface area contributed by atoms with Crippen LogP contribution in [-0.4, -0.2) is 22.5 Å². The van der Waals surface area contributed by atoms with Crippen molar-refractivity contribution in [2.45, 2.75) is 47.0 Å². The van der Waals surface area contributed by atoms with Crippen LogP contribution in [0, 0.1) is 33.3 Å². The molecule has 0 saturated heterocycles.